The Kier molecular flexibility index (Phi) is 4.80. The van der Waals surface area contributed by atoms with E-state index >= 15 is 0 Å². The normalized spacial score (nSPS) is 10.5. The van der Waals surface area contributed by atoms with Gasteiger partial charge in [-0.1, -0.05) is 0 Å². The molecule has 0 saturated heterocycles. The lowest BCUT2D eigenvalue weighted by molar-refractivity contribution is -0.139. The Labute approximate surface area is 105 Å². The van der Waals surface area contributed by atoms with E-state index in [0.717, 1.165) is 6.20 Å². The number of methoxy groups -OCH3 is 2. The maximum Gasteiger partial charge on any atom is 0.310 e. The fraction of sp³-hybridized carbons (Fsp3) is 0.400. The molecule has 0 aliphatic heterocycles. The molecule has 1 rings (SSSR count). The molecule has 94 valence electrons. The van der Waals surface area contributed by atoms with Crippen molar-refractivity contribution in [3.05, 3.63) is 21.8 Å². The summed E-state index contributed by atoms with van der Waals surface area (Å²) in [5, 5.41) is 0. The summed E-state index contributed by atoms with van der Waals surface area (Å²) in [5.74, 6) is -0.464. The Morgan fingerprint density at radius 2 is 2.18 bits per heavy atom. The molecule has 0 bridgehead atoms. The van der Waals surface area contributed by atoms with Crippen LogP contribution >= 0.6 is 15.9 Å². The number of hydrogen-bond donors (Lipinski definition) is 0. The number of pyridine rings is 1. The maximum atomic E-state index is 12.7. The van der Waals surface area contributed by atoms with Crippen LogP contribution in [0.4, 0.5) is 8.78 Å². The van der Waals surface area contributed by atoms with Gasteiger partial charge in [0.1, 0.15) is 0 Å². The minimum Gasteiger partial charge on any atom is -0.480 e. The Balaban J connectivity index is 3.24. The predicted molar refractivity (Wildman–Crippen MR) is 59.2 cm³/mol. The number of hydrogen-bond acceptors (Lipinski definition) is 4. The van der Waals surface area contributed by atoms with E-state index in [-0.39, 0.29) is 27.9 Å². The summed E-state index contributed by atoms with van der Waals surface area (Å²) < 4.78 is 35.1. The molecule has 7 heteroatoms. The Morgan fingerprint density at radius 3 is 2.65 bits per heavy atom. The van der Waals surface area contributed by atoms with Gasteiger partial charge in [-0.3, -0.25) is 4.79 Å². The van der Waals surface area contributed by atoms with Gasteiger partial charge in [0.2, 0.25) is 5.88 Å². The molecule has 0 amide bonds. The zero-order valence-electron chi connectivity index (χ0n) is 9.17. The van der Waals surface area contributed by atoms with Gasteiger partial charge in [-0.2, -0.15) is 0 Å². The molecular weight excluding hydrogens is 300 g/mol. The highest BCUT2D eigenvalue weighted by Crippen LogP contribution is 2.33. The Hall–Kier alpha value is -1.24. The summed E-state index contributed by atoms with van der Waals surface area (Å²) in [6.07, 6.45) is -1.99. The number of ether oxygens (including phenoxy) is 2. The third-order valence-electron chi connectivity index (χ3n) is 2.10. The largest absolute Gasteiger partial charge is 0.480 e. The first kappa shape index (κ1) is 13.8. The van der Waals surface area contributed by atoms with Crippen LogP contribution in [0.1, 0.15) is 17.6 Å². The van der Waals surface area contributed by atoms with Crippen molar-refractivity contribution in [2.24, 2.45) is 0 Å². The molecule has 0 aliphatic carbocycles. The molecule has 0 aromatic carbocycles. The van der Waals surface area contributed by atoms with Gasteiger partial charge in [-0.05, 0) is 21.5 Å². The van der Waals surface area contributed by atoms with Crippen molar-refractivity contribution in [2.45, 2.75) is 12.8 Å². The highest BCUT2D eigenvalue weighted by atomic mass is 79.9. The lowest BCUT2D eigenvalue weighted by Gasteiger charge is -2.12. The van der Waals surface area contributed by atoms with E-state index < -0.39 is 12.4 Å². The van der Waals surface area contributed by atoms with Crippen molar-refractivity contribution < 1.29 is 23.0 Å². The van der Waals surface area contributed by atoms with Crippen LogP contribution < -0.4 is 4.74 Å². The Morgan fingerprint density at radius 1 is 1.53 bits per heavy atom. The number of nitrogens with zero attached hydrogens (tertiary/aromatic N) is 1. The van der Waals surface area contributed by atoms with E-state index in [4.69, 9.17) is 4.74 Å². The van der Waals surface area contributed by atoms with Crippen LogP contribution in [-0.4, -0.2) is 25.2 Å². The van der Waals surface area contributed by atoms with E-state index in [1.54, 1.807) is 0 Å². The average Bonchev–Trinajstić information content (AvgIpc) is 2.30. The number of alkyl halides is 2. The van der Waals surface area contributed by atoms with Gasteiger partial charge in [0, 0.05) is 11.8 Å². The fourth-order valence-electron chi connectivity index (χ4n) is 1.25. The number of esters is 1. The number of carbonyl (C=O) groups is 1. The smallest absolute Gasteiger partial charge is 0.310 e. The molecule has 1 aromatic heterocycles. The molecule has 0 aliphatic rings. The average molecular weight is 310 g/mol. The highest BCUT2D eigenvalue weighted by Gasteiger charge is 2.21. The molecule has 1 aromatic rings. The van der Waals surface area contributed by atoms with Crippen LogP contribution in [0.25, 0.3) is 0 Å². The van der Waals surface area contributed by atoms with Crippen LogP contribution in [0.2, 0.25) is 0 Å². The summed E-state index contributed by atoms with van der Waals surface area (Å²) in [4.78, 5) is 14.9. The zero-order valence-corrected chi connectivity index (χ0v) is 10.8. The van der Waals surface area contributed by atoms with Gasteiger partial charge in [-0.15, -0.1) is 0 Å². The number of carbonyl (C=O) groups excluding carboxylic acids is 1. The van der Waals surface area contributed by atoms with Gasteiger partial charge >= 0.3 is 5.97 Å². The van der Waals surface area contributed by atoms with Crippen LogP contribution in [0.3, 0.4) is 0 Å². The quantitative estimate of drug-likeness (QED) is 0.802. The number of rotatable bonds is 4. The highest BCUT2D eigenvalue weighted by molar-refractivity contribution is 9.10. The third-order valence-corrected chi connectivity index (χ3v) is 2.92. The molecule has 0 saturated carbocycles. The predicted octanol–water partition coefficient (Wildman–Crippen LogP) is 2.51. The molecule has 17 heavy (non-hydrogen) atoms. The first-order valence-corrected chi connectivity index (χ1v) is 5.36. The van der Waals surface area contributed by atoms with Crippen LogP contribution in [0.15, 0.2) is 10.7 Å². The fourth-order valence-corrected chi connectivity index (χ4v) is 1.88. The van der Waals surface area contributed by atoms with E-state index in [2.05, 4.69) is 25.7 Å². The molecule has 1 heterocycles. The van der Waals surface area contributed by atoms with Crippen molar-refractivity contribution in [2.75, 3.05) is 14.2 Å². The molecule has 4 nitrogen and oxygen atoms in total. The summed E-state index contributed by atoms with van der Waals surface area (Å²) in [6.45, 7) is 0. The first-order valence-electron chi connectivity index (χ1n) is 4.57. The molecule has 0 unspecified atom stereocenters. The molecule has 0 atom stereocenters. The summed E-state index contributed by atoms with van der Waals surface area (Å²) >= 11 is 3.09. The SMILES string of the molecule is COC(=O)Cc1c(C(F)F)cnc(OC)c1Br. The van der Waals surface area contributed by atoms with Gasteiger partial charge < -0.3 is 9.47 Å². The number of aromatic nitrogens is 1. The van der Waals surface area contributed by atoms with Crippen LogP contribution in [0.5, 0.6) is 5.88 Å². The minimum atomic E-state index is -2.72. The van der Waals surface area contributed by atoms with E-state index in [9.17, 15) is 13.6 Å². The van der Waals surface area contributed by atoms with E-state index in [1.165, 1.54) is 14.2 Å². The summed E-state index contributed by atoms with van der Waals surface area (Å²) in [7, 11) is 2.55. The van der Waals surface area contributed by atoms with Crippen molar-refractivity contribution >= 4 is 21.9 Å². The molecule has 0 spiro atoms. The second kappa shape index (κ2) is 5.90. The topological polar surface area (TPSA) is 48.4 Å². The zero-order chi connectivity index (χ0) is 13.0. The number of halogens is 3. The van der Waals surface area contributed by atoms with Crippen molar-refractivity contribution in [3.8, 4) is 5.88 Å². The molecule has 0 radical (unpaired) electrons. The monoisotopic (exact) mass is 309 g/mol. The van der Waals surface area contributed by atoms with Gasteiger partial charge in [0.15, 0.2) is 0 Å². The van der Waals surface area contributed by atoms with Crippen molar-refractivity contribution in [1.82, 2.24) is 4.98 Å². The van der Waals surface area contributed by atoms with E-state index in [0.29, 0.717) is 0 Å². The second-order valence-corrected chi connectivity index (χ2v) is 3.86. The second-order valence-electron chi connectivity index (χ2n) is 3.07. The van der Waals surface area contributed by atoms with Crippen LogP contribution in [0, 0.1) is 0 Å². The van der Waals surface area contributed by atoms with Gasteiger partial charge in [0.25, 0.3) is 6.43 Å². The summed E-state index contributed by atoms with van der Waals surface area (Å²) in [5.41, 5.74) is -0.193. The third kappa shape index (κ3) is 3.12. The standard InChI is InChI=1S/C10H10BrF2NO3/c1-16-7(15)3-5-6(9(12)13)4-14-10(17-2)8(5)11/h4,9H,3H2,1-2H3. The molecule has 0 N–H and O–H groups in total. The lowest BCUT2D eigenvalue weighted by atomic mass is 10.1. The lowest BCUT2D eigenvalue weighted by Crippen LogP contribution is -2.09. The van der Waals surface area contributed by atoms with Crippen molar-refractivity contribution in [3.63, 3.8) is 0 Å². The van der Waals surface area contributed by atoms with Crippen LogP contribution in [-0.2, 0) is 16.0 Å². The van der Waals surface area contributed by atoms with Crippen molar-refractivity contribution in [1.29, 1.82) is 0 Å². The summed E-state index contributed by atoms with van der Waals surface area (Å²) in [6, 6.07) is 0. The molecule has 0 fully saturated rings. The maximum absolute atomic E-state index is 12.7. The first-order chi connectivity index (χ1) is 8.01. The molecular formula is C10H10BrF2NO3. The van der Waals surface area contributed by atoms with Gasteiger partial charge in [-0.25, -0.2) is 13.8 Å². The minimum absolute atomic E-state index is 0.124. The van der Waals surface area contributed by atoms with Gasteiger partial charge in [0.05, 0.1) is 25.1 Å². The van der Waals surface area contributed by atoms with E-state index in [1.807, 2.05) is 0 Å². The Bertz CT molecular complexity index is 426.